The number of phosphoric acid groups is 1. The van der Waals surface area contributed by atoms with E-state index in [2.05, 4.69) is 41.5 Å². The quantitative estimate of drug-likeness (QED) is 0.0509. The number of rotatable bonds is 44. The summed E-state index contributed by atoms with van der Waals surface area (Å²) >= 11 is 0. The Morgan fingerprint density at radius 3 is 1.05 bits per heavy atom. The van der Waals surface area contributed by atoms with Crippen molar-refractivity contribution in [2.75, 3.05) is 26.4 Å². The molecule has 376 valence electrons. The third-order valence-electron chi connectivity index (χ3n) is 12.3. The normalized spacial score (nSPS) is 16.5. The standard InChI is InChI=1S/C54H95O10P/c1-9-17-19-21-23-25-33-39-53(61-49-35-29-27-30-36-49)51(15-7)59-41-45(11-3)57-43-47(13-5)63-65(55,56)64-48(14-6)44-58-46(12-4)42-60-52(16-8)54(62-50-37-31-28-32-38-50)40-34-26-24-22-20-18-10-2/h27-32,35-38,45-48,51-54H,9-26,33-34,39-44H2,1-8H3,(H,55,56). The van der Waals surface area contributed by atoms with Crippen LogP contribution in [0.3, 0.4) is 0 Å². The van der Waals surface area contributed by atoms with Crippen LogP contribution in [-0.4, -0.2) is 80.2 Å². The fourth-order valence-corrected chi connectivity index (χ4v) is 9.16. The Morgan fingerprint density at radius 2 is 0.723 bits per heavy atom. The van der Waals surface area contributed by atoms with Gasteiger partial charge in [0.15, 0.2) is 0 Å². The van der Waals surface area contributed by atoms with Crippen LogP contribution in [0.25, 0.3) is 0 Å². The van der Waals surface area contributed by atoms with E-state index in [0.717, 1.165) is 62.9 Å². The average molecular weight is 935 g/mol. The molecule has 0 spiro atoms. The minimum absolute atomic E-state index is 0.0695. The summed E-state index contributed by atoms with van der Waals surface area (Å²) in [5, 5.41) is 0. The van der Waals surface area contributed by atoms with Crippen LogP contribution in [0, 0.1) is 0 Å². The van der Waals surface area contributed by atoms with Crippen LogP contribution < -0.4 is 9.47 Å². The van der Waals surface area contributed by atoms with E-state index in [0.29, 0.717) is 26.1 Å². The van der Waals surface area contributed by atoms with Crippen LogP contribution in [0.5, 0.6) is 11.5 Å². The molecule has 0 bridgehead atoms. The zero-order valence-corrected chi connectivity index (χ0v) is 43.2. The molecule has 1 N–H and O–H groups in total. The van der Waals surface area contributed by atoms with Gasteiger partial charge in [-0.25, -0.2) is 4.57 Å². The fourth-order valence-electron chi connectivity index (χ4n) is 7.93. The fraction of sp³-hybridized carbons (Fsp3) is 0.778. The predicted octanol–water partition coefficient (Wildman–Crippen LogP) is 15.0. The third-order valence-corrected chi connectivity index (χ3v) is 13.4. The second-order valence-electron chi connectivity index (χ2n) is 17.8. The van der Waals surface area contributed by atoms with Crippen LogP contribution in [-0.2, 0) is 32.6 Å². The predicted molar refractivity (Wildman–Crippen MR) is 267 cm³/mol. The maximum atomic E-state index is 13.4. The van der Waals surface area contributed by atoms with Gasteiger partial charge < -0.3 is 33.3 Å². The highest BCUT2D eigenvalue weighted by molar-refractivity contribution is 7.47. The van der Waals surface area contributed by atoms with Gasteiger partial charge in [0.2, 0.25) is 0 Å². The van der Waals surface area contributed by atoms with Gasteiger partial charge in [0.1, 0.15) is 23.7 Å². The minimum Gasteiger partial charge on any atom is -0.488 e. The van der Waals surface area contributed by atoms with Gasteiger partial charge in [0, 0.05) is 0 Å². The van der Waals surface area contributed by atoms with Crippen molar-refractivity contribution in [1.29, 1.82) is 0 Å². The second kappa shape index (κ2) is 37.9. The van der Waals surface area contributed by atoms with E-state index in [1.54, 1.807) is 0 Å². The summed E-state index contributed by atoms with van der Waals surface area (Å²) < 4.78 is 63.5. The number of phosphoric ester groups is 1. The summed E-state index contributed by atoms with van der Waals surface area (Å²) in [5.74, 6) is 1.71. The lowest BCUT2D eigenvalue weighted by atomic mass is 10.0. The van der Waals surface area contributed by atoms with Gasteiger partial charge in [-0.05, 0) is 88.5 Å². The van der Waals surface area contributed by atoms with Crippen LogP contribution in [0.1, 0.15) is 197 Å². The molecule has 10 nitrogen and oxygen atoms in total. The van der Waals surface area contributed by atoms with E-state index >= 15 is 0 Å². The van der Waals surface area contributed by atoms with Gasteiger partial charge >= 0.3 is 7.82 Å². The molecule has 0 heterocycles. The van der Waals surface area contributed by atoms with Crippen LogP contribution in [0.4, 0.5) is 0 Å². The Bertz CT molecular complexity index is 1300. The summed E-state index contributed by atoms with van der Waals surface area (Å²) in [6, 6.07) is 20.0. The molecule has 8 unspecified atom stereocenters. The lowest BCUT2D eigenvalue weighted by Crippen LogP contribution is -2.37. The zero-order valence-electron chi connectivity index (χ0n) is 42.3. The highest BCUT2D eigenvalue weighted by atomic mass is 31.2. The van der Waals surface area contributed by atoms with Gasteiger partial charge in [-0.1, -0.05) is 169 Å². The Morgan fingerprint density at radius 1 is 0.400 bits per heavy atom. The molecule has 2 rings (SSSR count). The molecule has 65 heavy (non-hydrogen) atoms. The first-order valence-electron chi connectivity index (χ1n) is 26.2. The molecule has 0 amide bonds. The van der Waals surface area contributed by atoms with Crippen molar-refractivity contribution in [2.45, 2.75) is 245 Å². The largest absolute Gasteiger partial charge is 0.488 e. The summed E-state index contributed by atoms with van der Waals surface area (Å²) in [7, 11) is -4.44. The lowest BCUT2D eigenvalue weighted by molar-refractivity contribution is -0.0975. The molecule has 0 aromatic heterocycles. The first-order valence-corrected chi connectivity index (χ1v) is 27.7. The van der Waals surface area contributed by atoms with E-state index in [-0.39, 0.29) is 49.8 Å². The number of benzene rings is 2. The van der Waals surface area contributed by atoms with Gasteiger partial charge in [0.25, 0.3) is 0 Å². The molecule has 8 atom stereocenters. The van der Waals surface area contributed by atoms with E-state index in [1.165, 1.54) is 77.0 Å². The van der Waals surface area contributed by atoms with Crippen LogP contribution in [0.15, 0.2) is 60.7 Å². The Balaban J connectivity index is 1.90. The summed E-state index contributed by atoms with van der Waals surface area (Å²) in [6.45, 7) is 17.8. The van der Waals surface area contributed by atoms with Crippen molar-refractivity contribution in [3.05, 3.63) is 60.7 Å². The maximum absolute atomic E-state index is 13.4. The highest BCUT2D eigenvalue weighted by Gasteiger charge is 2.31. The van der Waals surface area contributed by atoms with Crippen molar-refractivity contribution in [1.82, 2.24) is 0 Å². The summed E-state index contributed by atoms with van der Waals surface area (Å²) in [5.41, 5.74) is 0. The molecule has 0 fully saturated rings. The van der Waals surface area contributed by atoms with E-state index < -0.39 is 20.0 Å². The van der Waals surface area contributed by atoms with Crippen molar-refractivity contribution < 1.29 is 46.9 Å². The molecule has 0 aliphatic carbocycles. The van der Waals surface area contributed by atoms with Crippen molar-refractivity contribution >= 4 is 7.82 Å². The molecule has 0 saturated heterocycles. The van der Waals surface area contributed by atoms with Crippen molar-refractivity contribution in [3.8, 4) is 11.5 Å². The van der Waals surface area contributed by atoms with Crippen LogP contribution >= 0.6 is 7.82 Å². The maximum Gasteiger partial charge on any atom is 0.472 e. The van der Waals surface area contributed by atoms with Crippen molar-refractivity contribution in [3.63, 3.8) is 0 Å². The molecule has 0 saturated carbocycles. The number of unbranched alkanes of at least 4 members (excludes halogenated alkanes) is 12. The van der Waals surface area contributed by atoms with Gasteiger partial charge in [0.05, 0.1) is 63.1 Å². The zero-order chi connectivity index (χ0) is 47.4. The number of para-hydroxylation sites is 2. The molecule has 2 aromatic rings. The SMILES string of the molecule is CCCCCCCCCC(Oc1ccccc1)C(CC)OCC(CC)OCC(CC)OP(=O)(O)OC(CC)COC(CC)COC(CC)C(CCCCCCCCC)Oc1ccccc1. The smallest absolute Gasteiger partial charge is 0.472 e. The Kier molecular flexibility index (Phi) is 34.5. The minimum atomic E-state index is -4.44. The first kappa shape index (κ1) is 59.1. The summed E-state index contributed by atoms with van der Waals surface area (Å²) in [4.78, 5) is 11.0. The van der Waals surface area contributed by atoms with Crippen molar-refractivity contribution in [2.24, 2.45) is 0 Å². The summed E-state index contributed by atoms with van der Waals surface area (Å²) in [6.07, 6.45) is 21.2. The van der Waals surface area contributed by atoms with Gasteiger partial charge in [-0.15, -0.1) is 0 Å². The molecule has 0 radical (unpaired) electrons. The Hall–Kier alpha value is -2.01. The molecule has 2 aromatic carbocycles. The Labute approximate surface area is 397 Å². The lowest BCUT2D eigenvalue weighted by Gasteiger charge is -2.30. The first-order chi connectivity index (χ1) is 31.6. The number of ether oxygens (including phenoxy) is 6. The molecular formula is C54H95O10P. The molecule has 11 heteroatoms. The van der Waals surface area contributed by atoms with E-state index in [9.17, 15) is 9.46 Å². The highest BCUT2D eigenvalue weighted by Crippen LogP contribution is 2.47. The topological polar surface area (TPSA) is 111 Å². The second-order valence-corrected chi connectivity index (χ2v) is 19.1. The van der Waals surface area contributed by atoms with Gasteiger partial charge in [-0.3, -0.25) is 9.05 Å². The van der Waals surface area contributed by atoms with Crippen LogP contribution in [0.2, 0.25) is 0 Å². The molecule has 0 aliphatic heterocycles. The third kappa shape index (κ3) is 27.5. The number of hydrogen-bond acceptors (Lipinski definition) is 9. The van der Waals surface area contributed by atoms with E-state index in [4.69, 9.17) is 37.5 Å². The molecule has 0 aliphatic rings. The van der Waals surface area contributed by atoms with Gasteiger partial charge in [-0.2, -0.15) is 0 Å². The average Bonchev–Trinajstić information content (AvgIpc) is 3.32. The molecular weight excluding hydrogens is 840 g/mol. The monoisotopic (exact) mass is 935 g/mol. The van der Waals surface area contributed by atoms with E-state index in [1.807, 2.05) is 74.5 Å². The number of hydrogen-bond donors (Lipinski definition) is 1.